The molecule has 0 aliphatic carbocycles. The SMILES string of the molecule is CNC(C)C(=O)N[C@H]1CCS[C@H]2CC(C)(C)[C@@H](C(=O)NC(C(=O)NCC#CC#CCNC(=O)C(NC(=O)[C@H]3N4C(=O)[C@@H](NC(=S)C(C)NC)CCS[C@H]4CC3(C)C)c3ccccc3)c3ccccc3)N2C1=O.Cl.Cl. The van der Waals surface area contributed by atoms with Crippen molar-refractivity contribution in [2.45, 2.75) is 126 Å². The number of carbonyl (C=O) groups is 7. The summed E-state index contributed by atoms with van der Waals surface area (Å²) in [7, 11) is 3.46. The Bertz CT molecular complexity index is 2320. The molecule has 2 aromatic carbocycles. The number of amides is 7. The molecule has 4 heterocycles. The highest BCUT2D eigenvalue weighted by Gasteiger charge is 2.56. The predicted octanol–water partition coefficient (Wildman–Crippen LogP) is 2.95. The second-order valence-corrected chi connectivity index (χ2v) is 22.8. The lowest BCUT2D eigenvalue weighted by molar-refractivity contribution is -0.144. The zero-order chi connectivity index (χ0) is 52.3. The molecule has 0 spiro atoms. The lowest BCUT2D eigenvalue weighted by Gasteiger charge is -2.35. The zero-order valence-corrected chi connectivity index (χ0v) is 47.1. The van der Waals surface area contributed by atoms with Crippen molar-refractivity contribution in [3.8, 4) is 23.7 Å². The van der Waals surface area contributed by atoms with E-state index in [2.05, 4.69) is 66.2 Å². The molecule has 0 aromatic heterocycles. The van der Waals surface area contributed by atoms with Crippen molar-refractivity contribution in [3.05, 3.63) is 71.8 Å². The van der Waals surface area contributed by atoms with E-state index in [-0.39, 0.29) is 72.4 Å². The number of rotatable bonds is 16. The van der Waals surface area contributed by atoms with Crippen molar-refractivity contribution >= 4 is 107 Å². The van der Waals surface area contributed by atoms with Gasteiger partial charge in [-0.05, 0) is 98.9 Å². The monoisotopic (exact) mass is 1110 g/mol. The number of thioether (sulfide) groups is 2. The fourth-order valence-electron chi connectivity index (χ4n) is 9.54. The van der Waals surface area contributed by atoms with Crippen molar-refractivity contribution in [2.24, 2.45) is 10.8 Å². The largest absolute Gasteiger partial charge is 0.367 e. The van der Waals surface area contributed by atoms with E-state index >= 15 is 0 Å². The summed E-state index contributed by atoms with van der Waals surface area (Å²) in [6, 6.07) is 11.6. The molecule has 4 saturated heterocycles. The van der Waals surface area contributed by atoms with Gasteiger partial charge < -0.3 is 52.3 Å². The van der Waals surface area contributed by atoms with E-state index in [1.165, 1.54) is 0 Å². The van der Waals surface area contributed by atoms with E-state index in [1.54, 1.807) is 109 Å². The van der Waals surface area contributed by atoms with Gasteiger partial charge in [-0.3, -0.25) is 33.6 Å². The van der Waals surface area contributed by atoms with Gasteiger partial charge in [0, 0.05) is 0 Å². The molecule has 0 radical (unpaired) electrons. The highest BCUT2D eigenvalue weighted by molar-refractivity contribution is 8.00. The van der Waals surface area contributed by atoms with Crippen molar-refractivity contribution in [1.82, 2.24) is 52.3 Å². The first-order valence-corrected chi connectivity index (χ1v) is 26.8. The van der Waals surface area contributed by atoms with Crippen LogP contribution in [0.4, 0.5) is 0 Å². The second kappa shape index (κ2) is 27.6. The molecule has 17 nitrogen and oxygen atoms in total. The van der Waals surface area contributed by atoms with E-state index in [4.69, 9.17) is 12.2 Å². The normalized spacial score (nSPS) is 23.9. The maximum absolute atomic E-state index is 14.4. The third kappa shape index (κ3) is 14.9. The number of carbonyl (C=O) groups excluding carboxylic acids is 7. The number of thiocarbonyl (C=S) groups is 1. The first-order chi connectivity index (χ1) is 34.3. The van der Waals surface area contributed by atoms with Crippen LogP contribution in [0.1, 0.15) is 90.4 Å². The predicted molar refractivity (Wildman–Crippen MR) is 299 cm³/mol. The Morgan fingerprint density at radius 2 is 1.03 bits per heavy atom. The smallest absolute Gasteiger partial charge is 0.247 e. The number of hydrogen-bond acceptors (Lipinski definition) is 12. The minimum absolute atomic E-state index is 0. The number of hydrogen-bond donors (Lipinski definition) is 8. The van der Waals surface area contributed by atoms with Gasteiger partial charge >= 0.3 is 0 Å². The Kier molecular flexibility index (Phi) is 23.0. The molecule has 4 aliphatic heterocycles. The molecular weight excluding hydrogens is 1040 g/mol. The fraction of sp³-hybridized carbons (Fsp3) is 0.538. The average molecular weight is 1110 g/mol. The summed E-state index contributed by atoms with van der Waals surface area (Å²) < 4.78 is 0. The third-order valence-corrected chi connectivity index (χ3v) is 16.7. The minimum Gasteiger partial charge on any atom is -0.367 e. The first-order valence-electron chi connectivity index (χ1n) is 24.3. The van der Waals surface area contributed by atoms with E-state index in [0.29, 0.717) is 53.3 Å². The number of nitrogens with zero attached hydrogens (tertiary/aromatic N) is 2. The molecule has 402 valence electrons. The summed E-state index contributed by atoms with van der Waals surface area (Å²) >= 11 is 8.80. The Hall–Kier alpha value is -5.06. The molecular formula is C52H70Cl2N10O7S3. The molecule has 4 fully saturated rings. The molecule has 6 rings (SSSR count). The van der Waals surface area contributed by atoms with E-state index in [9.17, 15) is 33.6 Å². The van der Waals surface area contributed by atoms with Crippen molar-refractivity contribution in [1.29, 1.82) is 0 Å². The molecule has 7 amide bonds. The van der Waals surface area contributed by atoms with Gasteiger partial charge in [0.1, 0.15) is 36.3 Å². The highest BCUT2D eigenvalue weighted by Crippen LogP contribution is 2.48. The van der Waals surface area contributed by atoms with Crippen LogP contribution in [0.2, 0.25) is 0 Å². The Balaban J connectivity index is 0.00000593. The maximum atomic E-state index is 14.4. The van der Waals surface area contributed by atoms with Crippen LogP contribution in [0.3, 0.4) is 0 Å². The van der Waals surface area contributed by atoms with Crippen LogP contribution in [0.5, 0.6) is 0 Å². The van der Waals surface area contributed by atoms with Crippen molar-refractivity contribution in [3.63, 3.8) is 0 Å². The lowest BCUT2D eigenvalue weighted by Crippen LogP contribution is -2.58. The average Bonchev–Trinajstić information content (AvgIpc) is 3.68. The minimum atomic E-state index is -1.12. The molecule has 8 N–H and O–H groups in total. The third-order valence-electron chi connectivity index (χ3n) is 13.7. The standard InChI is InChI=1S/C52H68N10O7S3.2ClH/c1-31(53-7)43(63)57-35-23-27-71-37-29-51(3,4)41(61(37)49(35)68)46(66)59-39(33-19-13-11-14-20-33)44(64)55-25-17-9-10-18-26-56-45(65)40(34-21-15-12-16-22-34)60-47(67)42-52(5,6)30-38-62(42)50(69)36(24-28-72-38)58-48(70)32(2)54-8;;/h11-16,19-22,31-32,35-42,53-54H,23-30H2,1-8H3,(H,55,64)(H,56,65)(H,57,63)(H,58,70)(H,59,66)(H,60,67);2*1H/t31?,32?,35-,36-,37-,38-,39?,40?,41+,42+;;/m0../s1. The fourth-order valence-corrected chi connectivity index (χ4v) is 13.0. The summed E-state index contributed by atoms with van der Waals surface area (Å²) in [4.78, 5) is 101. The quantitative estimate of drug-likeness (QED) is 0.0897. The summed E-state index contributed by atoms with van der Waals surface area (Å²) in [5.74, 6) is 9.50. The van der Waals surface area contributed by atoms with Crippen LogP contribution in [0.15, 0.2) is 60.7 Å². The molecule has 4 unspecified atom stereocenters. The molecule has 22 heteroatoms. The summed E-state index contributed by atoms with van der Waals surface area (Å²) in [5.41, 5.74) is -0.171. The highest BCUT2D eigenvalue weighted by atomic mass is 35.5. The van der Waals surface area contributed by atoms with Gasteiger partial charge in [0.25, 0.3) is 0 Å². The second-order valence-electron chi connectivity index (χ2n) is 19.8. The van der Waals surface area contributed by atoms with Crippen LogP contribution in [0, 0.1) is 34.5 Å². The molecule has 4 aliphatic rings. The lowest BCUT2D eigenvalue weighted by atomic mass is 9.83. The van der Waals surface area contributed by atoms with Crippen LogP contribution in [-0.4, -0.2) is 142 Å². The Labute approximate surface area is 461 Å². The molecule has 0 bridgehead atoms. The van der Waals surface area contributed by atoms with Crippen molar-refractivity contribution in [2.75, 3.05) is 38.7 Å². The van der Waals surface area contributed by atoms with Gasteiger partial charge in [0.05, 0.1) is 40.9 Å². The van der Waals surface area contributed by atoms with Crippen LogP contribution in [0.25, 0.3) is 0 Å². The van der Waals surface area contributed by atoms with Crippen LogP contribution < -0.4 is 42.5 Å². The molecule has 74 heavy (non-hydrogen) atoms. The number of nitrogens with one attached hydrogen (secondary N) is 8. The number of fused-ring (bicyclic) bond motifs is 2. The van der Waals surface area contributed by atoms with Crippen LogP contribution >= 0.6 is 60.6 Å². The Morgan fingerprint density at radius 1 is 0.635 bits per heavy atom. The maximum Gasteiger partial charge on any atom is 0.247 e. The zero-order valence-electron chi connectivity index (χ0n) is 43.0. The molecule has 10 atom stereocenters. The summed E-state index contributed by atoms with van der Waals surface area (Å²) in [5, 5.41) is 23.0. The van der Waals surface area contributed by atoms with E-state index in [0.717, 1.165) is 0 Å². The van der Waals surface area contributed by atoms with Gasteiger partial charge in [-0.25, -0.2) is 0 Å². The van der Waals surface area contributed by atoms with Gasteiger partial charge in [0.2, 0.25) is 41.4 Å². The van der Waals surface area contributed by atoms with Crippen LogP contribution in [-0.2, 0) is 33.6 Å². The Morgan fingerprint density at radius 3 is 1.42 bits per heavy atom. The molecule has 0 saturated carbocycles. The summed E-state index contributed by atoms with van der Waals surface area (Å²) in [6.07, 6.45) is 2.13. The number of likely N-dealkylation sites (N-methyl/N-ethyl adjacent to an activating group) is 2. The van der Waals surface area contributed by atoms with Gasteiger partial charge in [-0.15, -0.1) is 48.3 Å². The van der Waals surface area contributed by atoms with Crippen molar-refractivity contribution < 1.29 is 33.6 Å². The van der Waals surface area contributed by atoms with E-state index < -0.39 is 76.8 Å². The molecule has 2 aromatic rings. The first kappa shape index (κ1) is 61.5. The van der Waals surface area contributed by atoms with Gasteiger partial charge in [-0.2, -0.15) is 0 Å². The van der Waals surface area contributed by atoms with Gasteiger partial charge in [0.15, 0.2) is 0 Å². The van der Waals surface area contributed by atoms with E-state index in [1.807, 2.05) is 40.7 Å². The van der Waals surface area contributed by atoms with Gasteiger partial charge in [-0.1, -0.05) is 112 Å². The topological polar surface area (TPSA) is 222 Å². The summed E-state index contributed by atoms with van der Waals surface area (Å²) in [6.45, 7) is 11.2. The number of benzene rings is 2. The number of halogens is 2.